The molecule has 1 saturated heterocycles. The van der Waals surface area contributed by atoms with Gasteiger partial charge in [-0.05, 0) is 31.2 Å². The van der Waals surface area contributed by atoms with Crippen molar-refractivity contribution in [1.82, 2.24) is 10.6 Å². The molecule has 0 spiro atoms. The number of carbonyl (C=O) groups excluding carboxylic acids is 2. The SMILES string of the molecule is COc1ccc(C(=O)/C=C2\NC[C@@H](C)NC2=O)cc1. The first-order valence-corrected chi connectivity index (χ1v) is 6.05. The van der Waals surface area contributed by atoms with Gasteiger partial charge in [0.2, 0.25) is 0 Å². The number of carbonyl (C=O) groups is 2. The second-order valence-corrected chi connectivity index (χ2v) is 4.41. The average molecular weight is 260 g/mol. The van der Waals surface area contributed by atoms with Gasteiger partial charge in [0.15, 0.2) is 5.78 Å². The van der Waals surface area contributed by atoms with Crippen LogP contribution in [-0.2, 0) is 4.79 Å². The van der Waals surface area contributed by atoms with Gasteiger partial charge in [-0.15, -0.1) is 0 Å². The summed E-state index contributed by atoms with van der Waals surface area (Å²) in [5, 5.41) is 5.71. The van der Waals surface area contributed by atoms with E-state index >= 15 is 0 Å². The van der Waals surface area contributed by atoms with Crippen LogP contribution >= 0.6 is 0 Å². The molecular formula is C14H16N2O3. The van der Waals surface area contributed by atoms with Crippen LogP contribution in [0.4, 0.5) is 0 Å². The average Bonchev–Trinajstić information content (AvgIpc) is 2.42. The lowest BCUT2D eigenvalue weighted by Crippen LogP contribution is -2.49. The van der Waals surface area contributed by atoms with Crippen molar-refractivity contribution in [3.63, 3.8) is 0 Å². The molecule has 0 saturated carbocycles. The Morgan fingerprint density at radius 3 is 2.63 bits per heavy atom. The van der Waals surface area contributed by atoms with E-state index in [4.69, 9.17) is 4.74 Å². The highest BCUT2D eigenvalue weighted by Crippen LogP contribution is 2.12. The van der Waals surface area contributed by atoms with E-state index in [-0.39, 0.29) is 17.7 Å². The summed E-state index contributed by atoms with van der Waals surface area (Å²) < 4.78 is 5.02. The first kappa shape index (κ1) is 13.1. The molecule has 19 heavy (non-hydrogen) atoms. The summed E-state index contributed by atoms with van der Waals surface area (Å²) in [5.74, 6) is 0.224. The van der Waals surface area contributed by atoms with E-state index in [1.807, 2.05) is 6.92 Å². The number of amides is 1. The van der Waals surface area contributed by atoms with Gasteiger partial charge in [0.25, 0.3) is 5.91 Å². The predicted octanol–water partition coefficient (Wildman–Crippen LogP) is 0.870. The summed E-state index contributed by atoms with van der Waals surface area (Å²) >= 11 is 0. The Hall–Kier alpha value is -2.30. The lowest BCUT2D eigenvalue weighted by molar-refractivity contribution is -0.119. The Kier molecular flexibility index (Phi) is 3.85. The van der Waals surface area contributed by atoms with Crippen molar-refractivity contribution in [2.24, 2.45) is 0 Å². The topological polar surface area (TPSA) is 67.4 Å². The van der Waals surface area contributed by atoms with Gasteiger partial charge in [-0.25, -0.2) is 0 Å². The molecule has 1 amide bonds. The molecule has 1 heterocycles. The van der Waals surface area contributed by atoms with Gasteiger partial charge in [-0.1, -0.05) is 0 Å². The maximum absolute atomic E-state index is 12.0. The number of benzene rings is 1. The van der Waals surface area contributed by atoms with Crippen LogP contribution in [0.5, 0.6) is 5.75 Å². The lowest BCUT2D eigenvalue weighted by atomic mass is 10.1. The van der Waals surface area contributed by atoms with Crippen LogP contribution in [-0.4, -0.2) is 31.4 Å². The minimum Gasteiger partial charge on any atom is -0.497 e. The molecule has 1 atom stereocenters. The Bertz CT molecular complexity index is 520. The second kappa shape index (κ2) is 5.56. The van der Waals surface area contributed by atoms with Crippen LogP contribution in [0.15, 0.2) is 36.0 Å². The molecule has 0 aliphatic carbocycles. The zero-order valence-corrected chi connectivity index (χ0v) is 10.9. The molecule has 1 aromatic rings. The van der Waals surface area contributed by atoms with E-state index in [0.717, 1.165) is 0 Å². The van der Waals surface area contributed by atoms with E-state index in [0.29, 0.717) is 23.6 Å². The van der Waals surface area contributed by atoms with E-state index in [2.05, 4.69) is 10.6 Å². The number of ether oxygens (including phenoxy) is 1. The number of hydrogen-bond donors (Lipinski definition) is 2. The summed E-state index contributed by atoms with van der Waals surface area (Å²) in [6, 6.07) is 6.83. The molecule has 0 bridgehead atoms. The fourth-order valence-electron chi connectivity index (χ4n) is 1.78. The van der Waals surface area contributed by atoms with Crippen molar-refractivity contribution in [3.8, 4) is 5.75 Å². The number of ketones is 1. The van der Waals surface area contributed by atoms with Crippen LogP contribution in [0.2, 0.25) is 0 Å². The fourth-order valence-corrected chi connectivity index (χ4v) is 1.78. The van der Waals surface area contributed by atoms with Crippen molar-refractivity contribution < 1.29 is 14.3 Å². The van der Waals surface area contributed by atoms with E-state index in [1.54, 1.807) is 31.4 Å². The largest absolute Gasteiger partial charge is 0.497 e. The summed E-state index contributed by atoms with van der Waals surface area (Å²) in [6.07, 6.45) is 1.32. The Morgan fingerprint density at radius 2 is 2.05 bits per heavy atom. The van der Waals surface area contributed by atoms with Crippen LogP contribution in [0.25, 0.3) is 0 Å². The number of hydrogen-bond acceptors (Lipinski definition) is 4. The van der Waals surface area contributed by atoms with E-state index < -0.39 is 0 Å². The predicted molar refractivity (Wildman–Crippen MR) is 71.0 cm³/mol. The van der Waals surface area contributed by atoms with Gasteiger partial charge >= 0.3 is 0 Å². The lowest BCUT2D eigenvalue weighted by Gasteiger charge is -2.23. The molecule has 5 nitrogen and oxygen atoms in total. The highest BCUT2D eigenvalue weighted by atomic mass is 16.5. The smallest absolute Gasteiger partial charge is 0.267 e. The van der Waals surface area contributed by atoms with Gasteiger partial charge in [0.1, 0.15) is 11.4 Å². The normalized spacial score (nSPS) is 20.6. The second-order valence-electron chi connectivity index (χ2n) is 4.41. The molecule has 1 fully saturated rings. The molecule has 0 unspecified atom stereocenters. The van der Waals surface area contributed by atoms with Gasteiger partial charge in [-0.2, -0.15) is 0 Å². The number of allylic oxidation sites excluding steroid dienone is 1. The van der Waals surface area contributed by atoms with E-state index in [9.17, 15) is 9.59 Å². The summed E-state index contributed by atoms with van der Waals surface area (Å²) in [7, 11) is 1.57. The minimum absolute atomic E-state index is 0.0701. The van der Waals surface area contributed by atoms with Gasteiger partial charge in [-0.3, -0.25) is 9.59 Å². The molecular weight excluding hydrogens is 244 g/mol. The first-order chi connectivity index (χ1) is 9.10. The fraction of sp³-hybridized carbons (Fsp3) is 0.286. The standard InChI is InChI=1S/C14H16N2O3/c1-9-8-15-12(14(18)16-9)7-13(17)10-3-5-11(19-2)6-4-10/h3-7,9,15H,8H2,1-2H3,(H,16,18)/b12-7-/t9-/m1/s1. The molecule has 2 N–H and O–H groups in total. The first-order valence-electron chi connectivity index (χ1n) is 6.05. The summed E-state index contributed by atoms with van der Waals surface area (Å²) in [6.45, 7) is 2.51. The number of rotatable bonds is 3. The molecule has 1 aromatic carbocycles. The van der Waals surface area contributed by atoms with E-state index in [1.165, 1.54) is 6.08 Å². The molecule has 0 radical (unpaired) electrons. The van der Waals surface area contributed by atoms with Crippen molar-refractivity contribution in [3.05, 3.63) is 41.6 Å². The number of nitrogens with one attached hydrogen (secondary N) is 2. The third-order valence-corrected chi connectivity index (χ3v) is 2.87. The molecule has 100 valence electrons. The number of piperazine rings is 1. The maximum Gasteiger partial charge on any atom is 0.267 e. The maximum atomic E-state index is 12.0. The van der Waals surface area contributed by atoms with Gasteiger partial charge < -0.3 is 15.4 Å². The van der Waals surface area contributed by atoms with Crippen LogP contribution in [0, 0.1) is 0 Å². The Morgan fingerprint density at radius 1 is 1.37 bits per heavy atom. The third kappa shape index (κ3) is 3.13. The molecule has 1 aliphatic heterocycles. The zero-order chi connectivity index (χ0) is 13.8. The van der Waals surface area contributed by atoms with Crippen LogP contribution < -0.4 is 15.4 Å². The molecule has 2 rings (SSSR count). The molecule has 0 aromatic heterocycles. The quantitative estimate of drug-likeness (QED) is 0.625. The van der Waals surface area contributed by atoms with Crippen molar-refractivity contribution >= 4 is 11.7 Å². The van der Waals surface area contributed by atoms with Gasteiger partial charge in [0, 0.05) is 24.2 Å². The van der Waals surface area contributed by atoms with Crippen molar-refractivity contribution in [1.29, 1.82) is 0 Å². The van der Waals surface area contributed by atoms with Crippen LogP contribution in [0.3, 0.4) is 0 Å². The number of methoxy groups -OCH3 is 1. The third-order valence-electron chi connectivity index (χ3n) is 2.87. The minimum atomic E-state index is -0.249. The highest BCUT2D eigenvalue weighted by molar-refractivity contribution is 6.09. The van der Waals surface area contributed by atoms with Crippen LogP contribution in [0.1, 0.15) is 17.3 Å². The Labute approximate surface area is 111 Å². The highest BCUT2D eigenvalue weighted by Gasteiger charge is 2.19. The summed E-state index contributed by atoms with van der Waals surface area (Å²) in [4.78, 5) is 23.7. The van der Waals surface area contributed by atoms with Gasteiger partial charge in [0.05, 0.1) is 7.11 Å². The summed E-state index contributed by atoms with van der Waals surface area (Å²) in [5.41, 5.74) is 0.820. The Balaban J connectivity index is 2.13. The monoisotopic (exact) mass is 260 g/mol. The van der Waals surface area contributed by atoms with Crippen molar-refractivity contribution in [2.75, 3.05) is 13.7 Å². The zero-order valence-electron chi connectivity index (χ0n) is 10.9. The molecule has 1 aliphatic rings. The van der Waals surface area contributed by atoms with Crippen molar-refractivity contribution in [2.45, 2.75) is 13.0 Å². The molecule has 5 heteroatoms.